The van der Waals surface area contributed by atoms with E-state index in [0.29, 0.717) is 5.92 Å². The third-order valence-corrected chi connectivity index (χ3v) is 6.00. The number of nitrogens with one attached hydrogen (secondary N) is 1. The quantitative estimate of drug-likeness (QED) is 0.570. The maximum absolute atomic E-state index is 13.2. The van der Waals surface area contributed by atoms with Gasteiger partial charge in [-0.3, -0.25) is 14.4 Å². The lowest BCUT2D eigenvalue weighted by atomic mass is 9.86. The molecule has 2 aromatic carbocycles. The smallest absolute Gasteiger partial charge is 0.338 e. The maximum Gasteiger partial charge on any atom is 0.338 e. The van der Waals surface area contributed by atoms with Crippen molar-refractivity contribution in [2.75, 3.05) is 11.5 Å². The van der Waals surface area contributed by atoms with Crippen molar-refractivity contribution in [3.63, 3.8) is 0 Å². The van der Waals surface area contributed by atoms with Gasteiger partial charge in [0.1, 0.15) is 5.82 Å². The van der Waals surface area contributed by atoms with Gasteiger partial charge < -0.3 is 10.1 Å². The van der Waals surface area contributed by atoms with Gasteiger partial charge in [-0.25, -0.2) is 14.1 Å². The molecule has 166 valence electrons. The number of imide groups is 1. The van der Waals surface area contributed by atoms with Crippen LogP contribution in [0.1, 0.15) is 63.7 Å². The number of hydrogen-bond acceptors (Lipinski definition) is 5. The minimum atomic E-state index is -0.764. The number of hydrogen-bond donors (Lipinski definition) is 1. The molecular weight excluding hydrogens is 415 g/mol. The van der Waals surface area contributed by atoms with E-state index in [9.17, 15) is 23.6 Å². The van der Waals surface area contributed by atoms with Crippen molar-refractivity contribution in [2.45, 2.75) is 38.6 Å². The fourth-order valence-electron chi connectivity index (χ4n) is 4.19. The van der Waals surface area contributed by atoms with Crippen molar-refractivity contribution in [3.8, 4) is 0 Å². The molecule has 1 fully saturated rings. The van der Waals surface area contributed by atoms with Crippen LogP contribution in [0.15, 0.2) is 42.5 Å². The number of carbonyl (C=O) groups excluding carboxylic acids is 4. The third kappa shape index (κ3) is 4.26. The van der Waals surface area contributed by atoms with E-state index < -0.39 is 30.2 Å². The second-order valence-electron chi connectivity index (χ2n) is 8.19. The van der Waals surface area contributed by atoms with Crippen molar-refractivity contribution in [2.24, 2.45) is 5.92 Å². The van der Waals surface area contributed by atoms with Gasteiger partial charge in [0.2, 0.25) is 0 Å². The van der Waals surface area contributed by atoms with Gasteiger partial charge >= 0.3 is 5.97 Å². The zero-order valence-corrected chi connectivity index (χ0v) is 17.6. The SMILES string of the molecule is CC1CCCCC1NC(=O)COC(=O)c1ccc2c(c1)C(=O)N(c1ccc(F)cc1)C2=O. The summed E-state index contributed by atoms with van der Waals surface area (Å²) in [4.78, 5) is 51.0. The fourth-order valence-corrected chi connectivity index (χ4v) is 4.19. The maximum atomic E-state index is 13.2. The highest BCUT2D eigenvalue weighted by atomic mass is 19.1. The number of esters is 1. The average molecular weight is 438 g/mol. The number of halogens is 1. The van der Waals surface area contributed by atoms with Gasteiger partial charge in [0, 0.05) is 6.04 Å². The van der Waals surface area contributed by atoms with Crippen LogP contribution in [-0.2, 0) is 9.53 Å². The van der Waals surface area contributed by atoms with Gasteiger partial charge in [-0.05, 0) is 61.2 Å². The number of amides is 3. The molecule has 0 spiro atoms. The van der Waals surface area contributed by atoms with Gasteiger partial charge in [0.15, 0.2) is 6.61 Å². The van der Waals surface area contributed by atoms with Crippen LogP contribution in [0, 0.1) is 11.7 Å². The summed E-state index contributed by atoms with van der Waals surface area (Å²) in [6.07, 6.45) is 4.18. The molecule has 0 bridgehead atoms. The van der Waals surface area contributed by atoms with E-state index in [-0.39, 0.29) is 34.3 Å². The highest BCUT2D eigenvalue weighted by molar-refractivity contribution is 6.34. The molecule has 2 unspecified atom stereocenters. The first-order chi connectivity index (χ1) is 15.3. The van der Waals surface area contributed by atoms with Crippen molar-refractivity contribution in [3.05, 3.63) is 65.0 Å². The molecule has 1 aliphatic heterocycles. The highest BCUT2D eigenvalue weighted by Crippen LogP contribution is 2.29. The van der Waals surface area contributed by atoms with Crippen LogP contribution in [0.5, 0.6) is 0 Å². The Hall–Kier alpha value is -3.55. The van der Waals surface area contributed by atoms with Crippen LogP contribution in [0.25, 0.3) is 0 Å². The van der Waals surface area contributed by atoms with Crippen molar-refractivity contribution >= 4 is 29.4 Å². The predicted molar refractivity (Wildman–Crippen MR) is 114 cm³/mol. The molecule has 2 aromatic rings. The molecule has 4 rings (SSSR count). The average Bonchev–Trinajstić information content (AvgIpc) is 3.04. The zero-order chi connectivity index (χ0) is 22.8. The Kier molecular flexibility index (Phi) is 6.03. The first-order valence-electron chi connectivity index (χ1n) is 10.6. The first-order valence-corrected chi connectivity index (χ1v) is 10.6. The summed E-state index contributed by atoms with van der Waals surface area (Å²) in [7, 11) is 0. The van der Waals surface area contributed by atoms with Crippen LogP contribution in [-0.4, -0.2) is 36.3 Å². The van der Waals surface area contributed by atoms with Gasteiger partial charge in [-0.15, -0.1) is 0 Å². The summed E-state index contributed by atoms with van der Waals surface area (Å²) in [5, 5.41) is 2.91. The summed E-state index contributed by atoms with van der Waals surface area (Å²) >= 11 is 0. The molecule has 1 heterocycles. The number of ether oxygens (including phenoxy) is 1. The van der Waals surface area contributed by atoms with E-state index in [2.05, 4.69) is 12.2 Å². The van der Waals surface area contributed by atoms with Crippen LogP contribution < -0.4 is 10.2 Å². The summed E-state index contributed by atoms with van der Waals surface area (Å²) in [6.45, 7) is 1.67. The van der Waals surface area contributed by atoms with E-state index in [1.165, 1.54) is 30.3 Å². The number of carbonyl (C=O) groups is 4. The molecule has 0 radical (unpaired) electrons. The molecule has 32 heavy (non-hydrogen) atoms. The Morgan fingerprint density at radius 3 is 2.44 bits per heavy atom. The monoisotopic (exact) mass is 438 g/mol. The number of rotatable bonds is 5. The minimum absolute atomic E-state index is 0.0502. The van der Waals surface area contributed by atoms with Crippen LogP contribution in [0.3, 0.4) is 0 Å². The Balaban J connectivity index is 1.42. The summed E-state index contributed by atoms with van der Waals surface area (Å²) in [5.41, 5.74) is 0.481. The Morgan fingerprint density at radius 2 is 1.72 bits per heavy atom. The molecule has 0 aromatic heterocycles. The van der Waals surface area contributed by atoms with E-state index in [1.807, 2.05) is 0 Å². The van der Waals surface area contributed by atoms with Crippen molar-refractivity contribution in [1.29, 1.82) is 0 Å². The van der Waals surface area contributed by atoms with Crippen LogP contribution in [0.2, 0.25) is 0 Å². The zero-order valence-electron chi connectivity index (χ0n) is 17.6. The summed E-state index contributed by atoms with van der Waals surface area (Å²) in [5.74, 6) is -2.41. The molecular formula is C24H23FN2O5. The van der Waals surface area contributed by atoms with Crippen LogP contribution in [0.4, 0.5) is 10.1 Å². The Bertz CT molecular complexity index is 1080. The highest BCUT2D eigenvalue weighted by Gasteiger charge is 2.37. The second kappa shape index (κ2) is 8.90. The van der Waals surface area contributed by atoms with Gasteiger partial charge in [-0.1, -0.05) is 19.8 Å². The summed E-state index contributed by atoms with van der Waals surface area (Å²) < 4.78 is 18.3. The standard InChI is InChI=1S/C24H23FN2O5/c1-14-4-2-3-5-20(14)26-21(28)13-32-24(31)15-6-11-18-19(12-15)23(30)27(22(18)29)17-9-7-16(25)8-10-17/h6-12,14,20H,2-5,13H2,1H3,(H,26,28). The molecule has 2 aliphatic rings. The number of benzene rings is 2. The molecule has 1 saturated carbocycles. The number of anilines is 1. The largest absolute Gasteiger partial charge is 0.452 e. The van der Waals surface area contributed by atoms with E-state index >= 15 is 0 Å². The third-order valence-electron chi connectivity index (χ3n) is 6.00. The fraction of sp³-hybridized carbons (Fsp3) is 0.333. The molecule has 0 saturated heterocycles. The number of nitrogens with zero attached hydrogens (tertiary/aromatic N) is 1. The molecule has 3 amide bonds. The minimum Gasteiger partial charge on any atom is -0.452 e. The van der Waals surface area contributed by atoms with Crippen LogP contribution >= 0.6 is 0 Å². The Morgan fingerprint density at radius 1 is 1.03 bits per heavy atom. The normalized spacial score (nSPS) is 20.1. The summed E-state index contributed by atoms with van der Waals surface area (Å²) in [6, 6.07) is 9.08. The van der Waals surface area contributed by atoms with Gasteiger partial charge in [0.25, 0.3) is 17.7 Å². The topological polar surface area (TPSA) is 92.8 Å². The van der Waals surface area contributed by atoms with E-state index in [4.69, 9.17) is 4.74 Å². The second-order valence-corrected chi connectivity index (χ2v) is 8.19. The molecule has 8 heteroatoms. The lowest BCUT2D eigenvalue weighted by Gasteiger charge is -2.29. The Labute approximate surface area is 184 Å². The number of fused-ring (bicyclic) bond motifs is 1. The van der Waals surface area contributed by atoms with E-state index in [1.54, 1.807) is 0 Å². The molecule has 1 aliphatic carbocycles. The van der Waals surface area contributed by atoms with E-state index in [0.717, 1.165) is 42.7 Å². The lowest BCUT2D eigenvalue weighted by molar-refractivity contribution is -0.125. The first kappa shape index (κ1) is 21.7. The predicted octanol–water partition coefficient (Wildman–Crippen LogP) is 3.48. The molecule has 7 nitrogen and oxygen atoms in total. The van der Waals surface area contributed by atoms with Crippen molar-refractivity contribution < 1.29 is 28.3 Å². The molecule has 2 atom stereocenters. The lowest BCUT2D eigenvalue weighted by Crippen LogP contribution is -2.42. The van der Waals surface area contributed by atoms with Gasteiger partial charge in [0.05, 0.1) is 22.4 Å². The van der Waals surface area contributed by atoms with Gasteiger partial charge in [-0.2, -0.15) is 0 Å². The van der Waals surface area contributed by atoms with Crippen molar-refractivity contribution in [1.82, 2.24) is 5.32 Å². The molecule has 1 N–H and O–H groups in total.